The molecule has 2 aliphatic rings. The van der Waals surface area contributed by atoms with Crippen molar-refractivity contribution >= 4 is 6.03 Å². The maximum atomic E-state index is 11.9. The van der Waals surface area contributed by atoms with Gasteiger partial charge in [0, 0.05) is 52.4 Å². The molecule has 3 rings (SSSR count). The maximum absolute atomic E-state index is 11.9. The second-order valence-corrected chi connectivity index (χ2v) is 7.54. The van der Waals surface area contributed by atoms with E-state index < -0.39 is 0 Å². The zero-order chi connectivity index (χ0) is 18.2. The lowest BCUT2D eigenvalue weighted by atomic mass is 10.0. The van der Waals surface area contributed by atoms with E-state index in [-0.39, 0.29) is 6.03 Å². The summed E-state index contributed by atoms with van der Waals surface area (Å²) in [6.45, 7) is 8.41. The van der Waals surface area contributed by atoms with Crippen LogP contribution in [0.1, 0.15) is 24.0 Å². The molecule has 2 amide bonds. The Morgan fingerprint density at radius 1 is 1.12 bits per heavy atom. The molecule has 2 N–H and O–H groups in total. The highest BCUT2D eigenvalue weighted by Gasteiger charge is 2.15. The molecule has 0 bridgehead atoms. The third-order valence-corrected chi connectivity index (χ3v) is 5.28. The van der Waals surface area contributed by atoms with E-state index in [0.717, 1.165) is 64.3 Å². The number of urea groups is 1. The van der Waals surface area contributed by atoms with Crippen molar-refractivity contribution in [2.24, 2.45) is 5.92 Å². The molecule has 2 heterocycles. The molecule has 0 spiro atoms. The molecule has 2 saturated heterocycles. The fraction of sp³-hybridized carbons (Fsp3) is 0.650. The number of likely N-dealkylation sites (N-methyl/N-ethyl adjacent to an activating group) is 1. The van der Waals surface area contributed by atoms with Crippen LogP contribution in [0, 0.1) is 5.92 Å². The molecule has 1 atom stereocenters. The third-order valence-electron chi connectivity index (χ3n) is 5.28. The first-order valence-corrected chi connectivity index (χ1v) is 9.77. The SMILES string of the molecule is CN1CCN(Cc2ccc(CNC(=O)NCC3CCCOC3)cc2)CC1. The van der Waals surface area contributed by atoms with E-state index in [1.165, 1.54) is 5.56 Å². The number of hydrogen-bond donors (Lipinski definition) is 2. The summed E-state index contributed by atoms with van der Waals surface area (Å²) in [6.07, 6.45) is 2.23. The van der Waals surface area contributed by atoms with Crippen LogP contribution in [-0.4, -0.2) is 68.8 Å². The standard InChI is InChI=1S/C20H32N4O2/c1-23-8-10-24(11-9-23)15-18-6-4-17(5-7-18)13-21-20(25)22-14-19-3-2-12-26-16-19/h4-7,19H,2-3,8-16H2,1H3,(H2,21,22,25). The molecule has 144 valence electrons. The predicted octanol–water partition coefficient (Wildman–Crippen LogP) is 1.66. The normalized spacial score (nSPS) is 22.1. The number of benzene rings is 1. The smallest absolute Gasteiger partial charge is 0.315 e. The molecular formula is C20H32N4O2. The van der Waals surface area contributed by atoms with Crippen LogP contribution in [0.4, 0.5) is 4.79 Å². The van der Waals surface area contributed by atoms with Crippen molar-refractivity contribution in [1.29, 1.82) is 0 Å². The molecule has 2 aliphatic heterocycles. The Hall–Kier alpha value is -1.63. The maximum Gasteiger partial charge on any atom is 0.315 e. The molecule has 0 aliphatic carbocycles. The molecule has 1 unspecified atom stereocenters. The van der Waals surface area contributed by atoms with Gasteiger partial charge in [-0.25, -0.2) is 4.79 Å². The van der Waals surface area contributed by atoms with Gasteiger partial charge in [-0.1, -0.05) is 24.3 Å². The van der Waals surface area contributed by atoms with E-state index in [2.05, 4.69) is 51.7 Å². The molecular weight excluding hydrogens is 328 g/mol. The minimum absolute atomic E-state index is 0.0999. The van der Waals surface area contributed by atoms with Gasteiger partial charge in [-0.3, -0.25) is 4.90 Å². The van der Waals surface area contributed by atoms with Crippen LogP contribution in [0.25, 0.3) is 0 Å². The van der Waals surface area contributed by atoms with Gasteiger partial charge in [-0.15, -0.1) is 0 Å². The number of hydrogen-bond acceptors (Lipinski definition) is 4. The van der Waals surface area contributed by atoms with E-state index >= 15 is 0 Å². The summed E-state index contributed by atoms with van der Waals surface area (Å²) in [7, 11) is 2.18. The number of carbonyl (C=O) groups excluding carboxylic acids is 1. The predicted molar refractivity (Wildman–Crippen MR) is 103 cm³/mol. The Kier molecular flexibility index (Phi) is 7.29. The van der Waals surface area contributed by atoms with Crippen molar-refractivity contribution in [3.63, 3.8) is 0 Å². The molecule has 0 saturated carbocycles. The van der Waals surface area contributed by atoms with Crippen LogP contribution in [0.15, 0.2) is 24.3 Å². The van der Waals surface area contributed by atoms with Crippen LogP contribution < -0.4 is 10.6 Å². The number of amides is 2. The highest BCUT2D eigenvalue weighted by Crippen LogP contribution is 2.12. The zero-order valence-corrected chi connectivity index (χ0v) is 15.9. The van der Waals surface area contributed by atoms with Gasteiger partial charge < -0.3 is 20.3 Å². The van der Waals surface area contributed by atoms with Crippen LogP contribution in [0.3, 0.4) is 0 Å². The van der Waals surface area contributed by atoms with Crippen LogP contribution in [-0.2, 0) is 17.8 Å². The van der Waals surface area contributed by atoms with Crippen LogP contribution >= 0.6 is 0 Å². The molecule has 26 heavy (non-hydrogen) atoms. The summed E-state index contributed by atoms with van der Waals surface area (Å²) < 4.78 is 5.44. The van der Waals surface area contributed by atoms with Gasteiger partial charge in [0.15, 0.2) is 0 Å². The van der Waals surface area contributed by atoms with E-state index in [9.17, 15) is 4.79 Å². The molecule has 6 nitrogen and oxygen atoms in total. The van der Waals surface area contributed by atoms with E-state index in [1.54, 1.807) is 0 Å². The molecule has 6 heteroatoms. The number of ether oxygens (including phenoxy) is 1. The van der Waals surface area contributed by atoms with Gasteiger partial charge in [0.2, 0.25) is 0 Å². The van der Waals surface area contributed by atoms with Crippen molar-refractivity contribution in [3.8, 4) is 0 Å². The first-order chi connectivity index (χ1) is 12.7. The Morgan fingerprint density at radius 2 is 1.85 bits per heavy atom. The minimum atomic E-state index is -0.0999. The van der Waals surface area contributed by atoms with Crippen molar-refractivity contribution in [2.75, 3.05) is 53.0 Å². The lowest BCUT2D eigenvalue weighted by molar-refractivity contribution is 0.0557. The number of nitrogens with zero attached hydrogens (tertiary/aromatic N) is 2. The molecule has 0 aromatic heterocycles. The minimum Gasteiger partial charge on any atom is -0.381 e. The summed E-state index contributed by atoms with van der Waals surface area (Å²) in [6, 6.07) is 8.47. The van der Waals surface area contributed by atoms with E-state index in [0.29, 0.717) is 19.0 Å². The Morgan fingerprint density at radius 3 is 2.54 bits per heavy atom. The summed E-state index contributed by atoms with van der Waals surface area (Å²) in [5.74, 6) is 0.448. The van der Waals surface area contributed by atoms with Crippen LogP contribution in [0.2, 0.25) is 0 Å². The lowest BCUT2D eigenvalue weighted by Crippen LogP contribution is -2.43. The Labute approximate surface area is 156 Å². The molecule has 0 radical (unpaired) electrons. The lowest BCUT2D eigenvalue weighted by Gasteiger charge is -2.32. The summed E-state index contributed by atoms with van der Waals surface area (Å²) in [4.78, 5) is 16.8. The van der Waals surface area contributed by atoms with Gasteiger partial charge in [-0.05, 0) is 36.9 Å². The quantitative estimate of drug-likeness (QED) is 0.810. The Balaban J connectivity index is 1.35. The van der Waals surface area contributed by atoms with Gasteiger partial charge in [0.1, 0.15) is 0 Å². The summed E-state index contributed by atoms with van der Waals surface area (Å²) >= 11 is 0. The van der Waals surface area contributed by atoms with Crippen molar-refractivity contribution in [3.05, 3.63) is 35.4 Å². The fourth-order valence-corrected chi connectivity index (χ4v) is 3.48. The van der Waals surface area contributed by atoms with Gasteiger partial charge >= 0.3 is 6.03 Å². The van der Waals surface area contributed by atoms with E-state index in [4.69, 9.17) is 4.74 Å². The monoisotopic (exact) mass is 360 g/mol. The van der Waals surface area contributed by atoms with Crippen molar-refractivity contribution in [2.45, 2.75) is 25.9 Å². The largest absolute Gasteiger partial charge is 0.381 e. The number of carbonyl (C=O) groups is 1. The second kappa shape index (κ2) is 9.90. The zero-order valence-electron chi connectivity index (χ0n) is 15.9. The van der Waals surface area contributed by atoms with Crippen molar-refractivity contribution < 1.29 is 9.53 Å². The number of nitrogens with one attached hydrogen (secondary N) is 2. The first kappa shape index (κ1) is 19.1. The summed E-state index contributed by atoms with van der Waals surface area (Å²) in [5, 5.41) is 5.89. The van der Waals surface area contributed by atoms with Crippen molar-refractivity contribution in [1.82, 2.24) is 20.4 Å². The first-order valence-electron chi connectivity index (χ1n) is 9.77. The van der Waals surface area contributed by atoms with Gasteiger partial charge in [-0.2, -0.15) is 0 Å². The van der Waals surface area contributed by atoms with Gasteiger partial charge in [0.05, 0.1) is 6.61 Å². The number of piperazine rings is 1. The topological polar surface area (TPSA) is 56.8 Å². The second-order valence-electron chi connectivity index (χ2n) is 7.54. The van der Waals surface area contributed by atoms with Gasteiger partial charge in [0.25, 0.3) is 0 Å². The highest BCUT2D eigenvalue weighted by atomic mass is 16.5. The number of rotatable bonds is 6. The average molecular weight is 361 g/mol. The molecule has 1 aromatic carbocycles. The molecule has 1 aromatic rings. The fourth-order valence-electron chi connectivity index (χ4n) is 3.48. The van der Waals surface area contributed by atoms with Crippen LogP contribution in [0.5, 0.6) is 0 Å². The Bertz CT molecular complexity index is 549. The third kappa shape index (κ3) is 6.27. The summed E-state index contributed by atoms with van der Waals surface area (Å²) in [5.41, 5.74) is 2.46. The average Bonchev–Trinajstić information content (AvgIpc) is 2.68. The molecule has 2 fully saturated rings. The van der Waals surface area contributed by atoms with E-state index in [1.807, 2.05) is 0 Å². The highest BCUT2D eigenvalue weighted by molar-refractivity contribution is 5.73.